The first kappa shape index (κ1) is 9.61. The van der Waals surface area contributed by atoms with E-state index >= 15 is 0 Å². The van der Waals surface area contributed by atoms with Crippen LogP contribution in [0.25, 0.3) is 0 Å². The van der Waals surface area contributed by atoms with Crippen LogP contribution in [0, 0.1) is 5.92 Å². The molecule has 2 atom stereocenters. The maximum absolute atomic E-state index is 9.71. The summed E-state index contributed by atoms with van der Waals surface area (Å²) in [5.41, 5.74) is 9.83. The normalized spacial score (nSPS) is 23.8. The second kappa shape index (κ2) is 3.67. The lowest BCUT2D eigenvalue weighted by atomic mass is 9.83. The second-order valence-corrected chi connectivity index (χ2v) is 3.39. The molecule has 0 heterocycles. The van der Waals surface area contributed by atoms with Crippen molar-refractivity contribution in [3.63, 3.8) is 0 Å². The van der Waals surface area contributed by atoms with Gasteiger partial charge >= 0.3 is 0 Å². The van der Waals surface area contributed by atoms with Crippen LogP contribution in [0.4, 0.5) is 0 Å². The molecular weight excluding hydrogens is 188 g/mol. The van der Waals surface area contributed by atoms with Crippen molar-refractivity contribution >= 4 is 0 Å². The molecule has 2 aliphatic rings. The highest BCUT2D eigenvalue weighted by atomic mass is 16.3. The van der Waals surface area contributed by atoms with Gasteiger partial charge in [-0.15, -0.1) is 6.58 Å². The summed E-state index contributed by atoms with van der Waals surface area (Å²) in [5, 5.41) is 19.2. The third kappa shape index (κ3) is 1.67. The monoisotopic (exact) mass is 198 g/mol. The number of allylic oxidation sites excluding steroid dienone is 4. The van der Waals surface area contributed by atoms with Crippen LogP contribution in [-0.2, 0) is 0 Å². The van der Waals surface area contributed by atoms with E-state index in [4.69, 9.17) is 0 Å². The van der Waals surface area contributed by atoms with Crippen molar-refractivity contribution in [2.45, 2.75) is 6.10 Å². The maximum Gasteiger partial charge on any atom is 0.116 e. The Hall–Kier alpha value is -1.94. The van der Waals surface area contributed by atoms with Crippen LogP contribution in [0.3, 0.4) is 0 Å². The lowest BCUT2D eigenvalue weighted by Gasteiger charge is -2.23. The largest absolute Gasteiger partial charge is 0.508 e. The molecule has 0 fully saturated rings. The minimum absolute atomic E-state index is 0.0878. The number of aliphatic hydroxyl groups is 2. The summed E-state index contributed by atoms with van der Waals surface area (Å²) in [6.07, 6.45) is 5.60. The van der Waals surface area contributed by atoms with Crippen molar-refractivity contribution in [3.8, 4) is 0 Å². The number of fused-ring (bicyclic) bond motifs is 1. The van der Waals surface area contributed by atoms with Crippen LogP contribution >= 0.6 is 0 Å². The first-order chi connectivity index (χ1) is 7.22. The van der Waals surface area contributed by atoms with Crippen molar-refractivity contribution in [2.75, 3.05) is 0 Å². The zero-order chi connectivity index (χ0) is 10.8. The van der Waals surface area contributed by atoms with Gasteiger partial charge in [-0.25, -0.2) is 0 Å². The minimum atomic E-state index is -0.765. The van der Waals surface area contributed by atoms with Gasteiger partial charge in [0.05, 0.1) is 6.10 Å². The molecule has 2 rings (SSSR count). The Labute approximate surface area is 87.9 Å². The van der Waals surface area contributed by atoms with Gasteiger partial charge in [-0.1, -0.05) is 17.5 Å². The predicted molar refractivity (Wildman–Crippen MR) is 57.1 cm³/mol. The number of hydrogen-bond acceptors (Lipinski definition) is 2. The summed E-state index contributed by atoms with van der Waals surface area (Å²) >= 11 is 0. The molecule has 0 amide bonds. The highest BCUT2D eigenvalue weighted by Crippen LogP contribution is 2.31. The highest BCUT2D eigenvalue weighted by molar-refractivity contribution is 5.46. The molecule has 2 nitrogen and oxygen atoms in total. The molecule has 0 aromatic rings. The fourth-order valence-electron chi connectivity index (χ4n) is 1.67. The summed E-state index contributed by atoms with van der Waals surface area (Å²) < 4.78 is 0. The Morgan fingerprint density at radius 2 is 2.27 bits per heavy atom. The van der Waals surface area contributed by atoms with Crippen molar-refractivity contribution < 1.29 is 10.2 Å². The Kier molecular flexibility index (Phi) is 2.35. The van der Waals surface area contributed by atoms with Gasteiger partial charge in [0.15, 0.2) is 0 Å². The second-order valence-electron chi connectivity index (χ2n) is 3.39. The SMILES string of the molecule is C=CC(O)C1=CC(O)=CC2=C=C=C=CC21. The first-order valence-corrected chi connectivity index (χ1v) is 4.62. The minimum Gasteiger partial charge on any atom is -0.508 e. The van der Waals surface area contributed by atoms with E-state index in [0.29, 0.717) is 5.57 Å². The molecule has 0 spiro atoms. The summed E-state index contributed by atoms with van der Waals surface area (Å²) in [6, 6.07) is 0. The topological polar surface area (TPSA) is 40.5 Å². The fourth-order valence-corrected chi connectivity index (χ4v) is 1.67. The summed E-state index contributed by atoms with van der Waals surface area (Å²) in [7, 11) is 0. The van der Waals surface area contributed by atoms with E-state index in [1.165, 1.54) is 6.08 Å². The van der Waals surface area contributed by atoms with E-state index in [1.807, 2.05) is 0 Å². The van der Waals surface area contributed by atoms with Crippen LogP contribution in [0.2, 0.25) is 0 Å². The Morgan fingerprint density at radius 3 is 3.00 bits per heavy atom. The molecule has 0 aromatic heterocycles. The third-order valence-electron chi connectivity index (χ3n) is 2.41. The smallest absolute Gasteiger partial charge is 0.116 e. The predicted octanol–water partition coefficient (Wildman–Crippen LogP) is 1.94. The van der Waals surface area contributed by atoms with Gasteiger partial charge < -0.3 is 10.2 Å². The lowest BCUT2D eigenvalue weighted by molar-refractivity contribution is 0.249. The maximum atomic E-state index is 9.71. The molecule has 2 heteroatoms. The van der Waals surface area contributed by atoms with Gasteiger partial charge in [-0.2, -0.15) is 0 Å². The molecular formula is C13H10O2. The molecule has 74 valence electrons. The van der Waals surface area contributed by atoms with Gasteiger partial charge in [0.25, 0.3) is 0 Å². The lowest BCUT2D eigenvalue weighted by Crippen LogP contribution is -2.18. The van der Waals surface area contributed by atoms with Gasteiger partial charge in [0, 0.05) is 11.5 Å². The van der Waals surface area contributed by atoms with Gasteiger partial charge in [0.2, 0.25) is 0 Å². The van der Waals surface area contributed by atoms with E-state index in [0.717, 1.165) is 5.57 Å². The molecule has 2 aliphatic carbocycles. The summed E-state index contributed by atoms with van der Waals surface area (Å²) in [6.45, 7) is 3.53. The van der Waals surface area contributed by atoms with Gasteiger partial charge in [-0.05, 0) is 29.5 Å². The standard InChI is InChI=1S/C13H10O2/c1-2-13(15)12-8-10(14)7-9-5-3-4-6-11(9)12/h2,6-8,11,13-15H,1H2. The fraction of sp³-hybridized carbons (Fsp3) is 0.154. The number of rotatable bonds is 2. The third-order valence-corrected chi connectivity index (χ3v) is 2.41. The summed E-state index contributed by atoms with van der Waals surface area (Å²) in [5.74, 6) is 0.0249. The molecule has 0 saturated carbocycles. The Bertz CT molecular complexity index is 501. The molecule has 0 saturated heterocycles. The van der Waals surface area contributed by atoms with Crippen LogP contribution in [0.15, 0.2) is 65.0 Å². The van der Waals surface area contributed by atoms with E-state index in [2.05, 4.69) is 23.8 Å². The van der Waals surface area contributed by atoms with Crippen LogP contribution in [0.1, 0.15) is 0 Å². The summed E-state index contributed by atoms with van der Waals surface area (Å²) in [4.78, 5) is 0. The van der Waals surface area contributed by atoms with Gasteiger partial charge in [0.1, 0.15) is 5.76 Å². The molecule has 15 heavy (non-hydrogen) atoms. The van der Waals surface area contributed by atoms with Crippen molar-refractivity contribution in [1.82, 2.24) is 0 Å². The zero-order valence-electron chi connectivity index (χ0n) is 8.07. The molecule has 0 radical (unpaired) electrons. The van der Waals surface area contributed by atoms with Crippen molar-refractivity contribution in [3.05, 3.63) is 65.0 Å². The van der Waals surface area contributed by atoms with Gasteiger partial charge in [-0.3, -0.25) is 0 Å². The molecule has 0 aliphatic heterocycles. The number of hydrogen-bond donors (Lipinski definition) is 2. The van der Waals surface area contributed by atoms with E-state index in [9.17, 15) is 10.2 Å². The zero-order valence-corrected chi connectivity index (χ0v) is 8.07. The van der Waals surface area contributed by atoms with E-state index in [1.54, 1.807) is 18.2 Å². The van der Waals surface area contributed by atoms with Crippen LogP contribution in [0.5, 0.6) is 0 Å². The number of aliphatic hydroxyl groups excluding tert-OH is 2. The average molecular weight is 198 g/mol. The molecule has 2 unspecified atom stereocenters. The average Bonchev–Trinajstić information content (AvgIpc) is 2.26. The first-order valence-electron chi connectivity index (χ1n) is 4.62. The highest BCUT2D eigenvalue weighted by Gasteiger charge is 2.24. The van der Waals surface area contributed by atoms with E-state index in [-0.39, 0.29) is 11.7 Å². The van der Waals surface area contributed by atoms with Crippen molar-refractivity contribution in [1.29, 1.82) is 0 Å². The molecule has 2 N–H and O–H groups in total. The Morgan fingerprint density at radius 1 is 1.47 bits per heavy atom. The molecule has 0 bridgehead atoms. The van der Waals surface area contributed by atoms with Crippen LogP contribution < -0.4 is 0 Å². The Balaban J connectivity index is 2.50. The van der Waals surface area contributed by atoms with Crippen molar-refractivity contribution in [2.24, 2.45) is 5.92 Å². The molecule has 0 aromatic carbocycles. The van der Waals surface area contributed by atoms with E-state index < -0.39 is 6.10 Å². The quantitative estimate of drug-likeness (QED) is 0.526. The van der Waals surface area contributed by atoms with Crippen LogP contribution in [-0.4, -0.2) is 16.3 Å².